The number of ketones is 1. The van der Waals surface area contributed by atoms with Gasteiger partial charge in [-0.3, -0.25) is 19.2 Å². The predicted molar refractivity (Wildman–Crippen MR) is 130 cm³/mol. The summed E-state index contributed by atoms with van der Waals surface area (Å²) in [5.41, 5.74) is -0.580. The van der Waals surface area contributed by atoms with Crippen LogP contribution in [0.15, 0.2) is 41.3 Å². The number of ether oxygens (including phenoxy) is 1. The highest BCUT2D eigenvalue weighted by atomic mass is 35.5. The number of hydrogen-bond donors (Lipinski definition) is 2. The molecule has 0 unspecified atom stereocenters. The fraction of sp³-hybridized carbons (Fsp3) is 0.280. The lowest BCUT2D eigenvalue weighted by Crippen LogP contribution is -2.46. The maximum Gasteiger partial charge on any atom is 0.305 e. The van der Waals surface area contributed by atoms with E-state index in [2.05, 4.69) is 23.9 Å². The van der Waals surface area contributed by atoms with E-state index in [4.69, 9.17) is 16.7 Å². The Balaban J connectivity index is 0.00000161. The minimum atomic E-state index is -1.90. The van der Waals surface area contributed by atoms with Crippen LogP contribution in [0.2, 0.25) is 5.02 Å². The number of carboxylic acids is 1. The summed E-state index contributed by atoms with van der Waals surface area (Å²) in [6.07, 6.45) is 1.61. The van der Waals surface area contributed by atoms with E-state index in [1.54, 1.807) is 12.1 Å². The molecule has 0 radical (unpaired) electrons. The highest BCUT2D eigenvalue weighted by Gasteiger charge is 2.27. The third-order valence-electron chi connectivity index (χ3n) is 4.79. The van der Waals surface area contributed by atoms with Crippen LogP contribution in [0.4, 0.5) is 17.6 Å². The van der Waals surface area contributed by atoms with E-state index in [1.807, 2.05) is 0 Å². The second kappa shape index (κ2) is 13.6. The van der Waals surface area contributed by atoms with Gasteiger partial charge in [-0.25, -0.2) is 8.78 Å². The molecular weight excluding hydrogens is 536 g/mol. The van der Waals surface area contributed by atoms with Gasteiger partial charge in [-0.2, -0.15) is 8.78 Å². The van der Waals surface area contributed by atoms with E-state index in [0.717, 1.165) is 4.57 Å². The molecule has 0 aliphatic heterocycles. The molecule has 1 heterocycles. The predicted octanol–water partition coefficient (Wildman–Crippen LogP) is 4.24. The fourth-order valence-electron chi connectivity index (χ4n) is 3.11. The molecule has 1 aromatic heterocycles. The average molecular weight is 559 g/mol. The number of nitrogens with one attached hydrogen (secondary N) is 1. The Labute approximate surface area is 218 Å². The largest absolute Gasteiger partial charge is 0.481 e. The molecule has 38 heavy (non-hydrogen) atoms. The van der Waals surface area contributed by atoms with Crippen LogP contribution in [0.25, 0.3) is 10.8 Å². The molecule has 1 atom stereocenters. The van der Waals surface area contributed by atoms with Crippen molar-refractivity contribution < 1.29 is 41.8 Å². The Bertz CT molecular complexity index is 1390. The highest BCUT2D eigenvalue weighted by molar-refractivity contribution is 6.31. The molecule has 13 heteroatoms. The van der Waals surface area contributed by atoms with Crippen LogP contribution in [0.3, 0.4) is 0 Å². The third kappa shape index (κ3) is 7.78. The van der Waals surface area contributed by atoms with Crippen LogP contribution in [0.5, 0.6) is 5.75 Å². The van der Waals surface area contributed by atoms with E-state index in [-0.39, 0.29) is 16.5 Å². The van der Waals surface area contributed by atoms with E-state index in [1.165, 1.54) is 24.8 Å². The topological polar surface area (TPSA) is 115 Å². The minimum absolute atomic E-state index is 0.0600. The van der Waals surface area contributed by atoms with Crippen molar-refractivity contribution in [1.29, 1.82) is 0 Å². The smallest absolute Gasteiger partial charge is 0.305 e. The summed E-state index contributed by atoms with van der Waals surface area (Å²) in [6.45, 7) is 2.42. The van der Waals surface area contributed by atoms with E-state index in [0.29, 0.717) is 5.39 Å². The van der Waals surface area contributed by atoms with E-state index < -0.39 is 77.9 Å². The molecule has 3 rings (SSSR count). The first kappa shape index (κ1) is 30.3. The molecule has 1 amide bonds. The van der Waals surface area contributed by atoms with Crippen LogP contribution >= 0.6 is 11.6 Å². The standard InChI is InChI=1S/C22H15ClF4N2O6.C3H8/c23-11-2-1-10-3-4-29(22(34)12(10)5-11)8-17(31)28-15(7-18(32)33)16(30)9-35-21-19(26)13(24)6-14(25)20(21)27;1-3-2/h1-6,15H,7-9H2,(H,28,31)(H,32,33);3H2,1-2H3/t15-;/m0./s1. The molecule has 8 nitrogen and oxygen atoms in total. The number of amides is 1. The van der Waals surface area contributed by atoms with Crippen molar-refractivity contribution in [2.24, 2.45) is 0 Å². The number of benzene rings is 2. The Kier molecular flexibility index (Phi) is 10.8. The van der Waals surface area contributed by atoms with Gasteiger partial charge in [0, 0.05) is 22.7 Å². The monoisotopic (exact) mass is 558 g/mol. The lowest BCUT2D eigenvalue weighted by Gasteiger charge is -2.17. The van der Waals surface area contributed by atoms with Gasteiger partial charge in [0.25, 0.3) is 5.56 Å². The maximum absolute atomic E-state index is 13.7. The summed E-state index contributed by atoms with van der Waals surface area (Å²) in [7, 11) is 0. The van der Waals surface area contributed by atoms with Crippen LogP contribution < -0.4 is 15.6 Å². The molecule has 0 spiro atoms. The first-order valence-electron chi connectivity index (χ1n) is 11.2. The number of halogens is 5. The van der Waals surface area contributed by atoms with E-state index in [9.17, 15) is 36.7 Å². The zero-order chi connectivity index (χ0) is 28.6. The third-order valence-corrected chi connectivity index (χ3v) is 5.02. The van der Waals surface area contributed by atoms with Crippen LogP contribution in [-0.4, -0.2) is 40.0 Å². The minimum Gasteiger partial charge on any atom is -0.481 e. The summed E-state index contributed by atoms with van der Waals surface area (Å²) in [6, 6.07) is 4.30. The number of aromatic nitrogens is 1. The molecule has 3 aromatic rings. The first-order valence-corrected chi connectivity index (χ1v) is 11.6. The molecule has 0 bridgehead atoms. The number of pyridine rings is 1. The molecule has 0 aliphatic rings. The number of Topliss-reactive ketones (excluding diaryl/α,β-unsaturated/α-hetero) is 1. The van der Waals surface area contributed by atoms with Gasteiger partial charge in [0.2, 0.25) is 17.5 Å². The van der Waals surface area contributed by atoms with Gasteiger partial charge < -0.3 is 19.7 Å². The number of nitrogens with zero attached hydrogens (tertiary/aromatic N) is 1. The SMILES string of the molecule is CCC.O=C(O)C[C@H](NC(=O)Cn1ccc2ccc(Cl)cc2c1=O)C(=O)COc1c(F)c(F)cc(F)c1F. The molecule has 2 aromatic carbocycles. The van der Waals surface area contributed by atoms with Gasteiger partial charge >= 0.3 is 5.97 Å². The van der Waals surface area contributed by atoms with Gasteiger partial charge in [-0.1, -0.05) is 37.9 Å². The van der Waals surface area contributed by atoms with Gasteiger partial charge in [0.1, 0.15) is 19.2 Å². The van der Waals surface area contributed by atoms with Gasteiger partial charge in [0.15, 0.2) is 23.2 Å². The van der Waals surface area contributed by atoms with Crippen molar-refractivity contribution in [2.45, 2.75) is 39.3 Å². The number of carbonyl (C=O) groups excluding carboxylic acids is 2. The van der Waals surface area contributed by atoms with Crippen molar-refractivity contribution in [3.8, 4) is 5.75 Å². The molecular formula is C25H23ClF4N2O6. The summed E-state index contributed by atoms with van der Waals surface area (Å²) in [5.74, 6) is -12.5. The van der Waals surface area contributed by atoms with E-state index >= 15 is 0 Å². The Hall–Kier alpha value is -3.93. The second-order valence-corrected chi connectivity index (χ2v) is 8.39. The molecule has 0 aliphatic carbocycles. The number of carbonyl (C=O) groups is 3. The second-order valence-electron chi connectivity index (χ2n) is 7.96. The van der Waals surface area contributed by atoms with Crippen LogP contribution in [0, 0.1) is 23.3 Å². The van der Waals surface area contributed by atoms with Gasteiger partial charge in [0.05, 0.1) is 6.42 Å². The number of carboxylic acid groups (broad SMARTS) is 1. The fourth-order valence-corrected chi connectivity index (χ4v) is 3.28. The highest BCUT2D eigenvalue weighted by Crippen LogP contribution is 2.26. The Morgan fingerprint density at radius 3 is 2.24 bits per heavy atom. The summed E-state index contributed by atoms with van der Waals surface area (Å²) < 4.78 is 59.5. The Morgan fingerprint density at radius 1 is 1.05 bits per heavy atom. The zero-order valence-corrected chi connectivity index (χ0v) is 21.0. The lowest BCUT2D eigenvalue weighted by atomic mass is 10.1. The van der Waals surface area contributed by atoms with Crippen molar-refractivity contribution in [3.63, 3.8) is 0 Å². The Morgan fingerprint density at radius 2 is 1.66 bits per heavy atom. The number of fused-ring (bicyclic) bond motifs is 1. The van der Waals surface area contributed by atoms with Gasteiger partial charge in [-0.15, -0.1) is 0 Å². The molecule has 0 saturated heterocycles. The summed E-state index contributed by atoms with van der Waals surface area (Å²) >= 11 is 5.89. The summed E-state index contributed by atoms with van der Waals surface area (Å²) in [5, 5.41) is 12.2. The first-order chi connectivity index (χ1) is 17.9. The summed E-state index contributed by atoms with van der Waals surface area (Å²) in [4.78, 5) is 48.6. The number of hydrogen-bond acceptors (Lipinski definition) is 5. The molecule has 2 N–H and O–H groups in total. The quantitative estimate of drug-likeness (QED) is 0.300. The molecule has 0 saturated carbocycles. The van der Waals surface area contributed by atoms with Crippen LogP contribution in [-0.2, 0) is 20.9 Å². The van der Waals surface area contributed by atoms with Crippen LogP contribution in [0.1, 0.15) is 26.7 Å². The van der Waals surface area contributed by atoms with Crippen molar-refractivity contribution in [3.05, 3.63) is 75.2 Å². The average Bonchev–Trinajstić information content (AvgIpc) is 2.84. The maximum atomic E-state index is 13.7. The molecule has 204 valence electrons. The molecule has 0 fully saturated rings. The zero-order valence-electron chi connectivity index (χ0n) is 20.2. The number of rotatable bonds is 9. The van der Waals surface area contributed by atoms with Crippen molar-refractivity contribution >= 4 is 40.0 Å². The van der Waals surface area contributed by atoms with Crippen molar-refractivity contribution in [2.75, 3.05) is 6.61 Å². The number of aliphatic carboxylic acids is 1. The van der Waals surface area contributed by atoms with Gasteiger partial charge in [-0.05, 0) is 23.6 Å². The lowest BCUT2D eigenvalue weighted by molar-refractivity contribution is -0.140. The van der Waals surface area contributed by atoms with Crippen molar-refractivity contribution in [1.82, 2.24) is 9.88 Å². The normalized spacial score (nSPS) is 11.3.